The minimum Gasteiger partial charge on any atom is -0.321 e. The number of nitrogens with zero attached hydrogens (tertiary/aromatic N) is 1. The molecule has 2 aliphatic rings. The Hall–Kier alpha value is -0.870. The zero-order valence-electron chi connectivity index (χ0n) is 11.7. The lowest BCUT2D eigenvalue weighted by atomic mass is 9.98. The van der Waals surface area contributed by atoms with Gasteiger partial charge in [0, 0.05) is 6.54 Å². The van der Waals surface area contributed by atoms with Gasteiger partial charge in [-0.1, -0.05) is 26.7 Å². The molecule has 1 aliphatic carbocycles. The van der Waals surface area contributed by atoms with Gasteiger partial charge in [0.15, 0.2) is 0 Å². The summed E-state index contributed by atoms with van der Waals surface area (Å²) in [5, 5.41) is 7.91. The minimum absolute atomic E-state index is 0.0826. The largest absolute Gasteiger partial charge is 0.321 e. The van der Waals surface area contributed by atoms with Gasteiger partial charge in [-0.25, -0.2) is 0 Å². The van der Waals surface area contributed by atoms with Crippen LogP contribution in [0.5, 0.6) is 0 Å². The monoisotopic (exact) mass is 278 g/mol. The predicted octanol–water partition coefficient (Wildman–Crippen LogP) is 3.15. The molecule has 3 nitrogen and oxygen atoms in total. The van der Waals surface area contributed by atoms with E-state index in [9.17, 15) is 4.79 Å². The number of hydrogen-bond acceptors (Lipinski definition) is 3. The second-order valence-corrected chi connectivity index (χ2v) is 7.02. The third-order valence-corrected chi connectivity index (χ3v) is 4.97. The first-order valence-electron chi connectivity index (χ1n) is 7.23. The van der Waals surface area contributed by atoms with E-state index in [0.29, 0.717) is 11.8 Å². The lowest BCUT2D eigenvalue weighted by Crippen LogP contribution is -2.44. The molecule has 2 fully saturated rings. The van der Waals surface area contributed by atoms with Crippen molar-refractivity contribution in [3.63, 3.8) is 0 Å². The number of carbonyl (C=O) groups excluding carboxylic acids is 1. The molecule has 1 N–H and O–H groups in total. The summed E-state index contributed by atoms with van der Waals surface area (Å²) in [4.78, 5) is 14.9. The molecule has 0 radical (unpaired) electrons. The fraction of sp³-hybridized carbons (Fsp3) is 0.667. The zero-order valence-corrected chi connectivity index (χ0v) is 12.5. The van der Waals surface area contributed by atoms with Crippen molar-refractivity contribution in [1.29, 1.82) is 0 Å². The van der Waals surface area contributed by atoms with Crippen molar-refractivity contribution in [3.05, 3.63) is 22.4 Å². The van der Waals surface area contributed by atoms with Gasteiger partial charge in [0.25, 0.3) is 0 Å². The molecule has 0 bridgehead atoms. The summed E-state index contributed by atoms with van der Waals surface area (Å²) in [7, 11) is 0. The Labute approximate surface area is 119 Å². The summed E-state index contributed by atoms with van der Waals surface area (Å²) in [5.41, 5.74) is 0.976. The van der Waals surface area contributed by atoms with Crippen LogP contribution < -0.4 is 5.32 Å². The number of amides is 1. The van der Waals surface area contributed by atoms with E-state index in [0.717, 1.165) is 19.4 Å². The van der Waals surface area contributed by atoms with Gasteiger partial charge in [-0.2, -0.15) is 11.3 Å². The summed E-state index contributed by atoms with van der Waals surface area (Å²) in [6, 6.07) is 2.14. The number of carbonyl (C=O) groups is 1. The molecule has 104 valence electrons. The number of nitrogens with one attached hydrogen (secondary N) is 1. The predicted molar refractivity (Wildman–Crippen MR) is 77.9 cm³/mol. The van der Waals surface area contributed by atoms with Crippen LogP contribution in [0.15, 0.2) is 16.8 Å². The van der Waals surface area contributed by atoms with E-state index in [4.69, 9.17) is 0 Å². The van der Waals surface area contributed by atoms with E-state index in [1.807, 2.05) is 0 Å². The first-order valence-corrected chi connectivity index (χ1v) is 8.17. The molecular formula is C15H22N2OS. The molecular weight excluding hydrogens is 256 g/mol. The molecule has 1 aromatic heterocycles. The van der Waals surface area contributed by atoms with E-state index < -0.39 is 0 Å². The fourth-order valence-electron chi connectivity index (χ4n) is 3.41. The maximum absolute atomic E-state index is 12.8. The summed E-state index contributed by atoms with van der Waals surface area (Å²) in [5.74, 6) is 0.832. The molecule has 1 spiro atoms. The van der Waals surface area contributed by atoms with Crippen LogP contribution in [0.1, 0.15) is 51.3 Å². The van der Waals surface area contributed by atoms with Crippen LogP contribution in [0.3, 0.4) is 0 Å². The maximum atomic E-state index is 12.8. The van der Waals surface area contributed by atoms with Crippen LogP contribution in [0.4, 0.5) is 0 Å². The van der Waals surface area contributed by atoms with Crippen molar-refractivity contribution < 1.29 is 4.79 Å². The van der Waals surface area contributed by atoms with Crippen LogP contribution in [0, 0.1) is 5.92 Å². The van der Waals surface area contributed by atoms with Gasteiger partial charge in [-0.05, 0) is 41.1 Å². The Bertz CT molecular complexity index is 449. The average molecular weight is 278 g/mol. The van der Waals surface area contributed by atoms with Gasteiger partial charge in [0.1, 0.15) is 6.17 Å². The number of hydrogen-bond donors (Lipinski definition) is 1. The van der Waals surface area contributed by atoms with Crippen LogP contribution in [-0.4, -0.2) is 22.9 Å². The summed E-state index contributed by atoms with van der Waals surface area (Å²) >= 11 is 1.70. The van der Waals surface area contributed by atoms with Crippen LogP contribution in [0.25, 0.3) is 0 Å². The van der Waals surface area contributed by atoms with Crippen molar-refractivity contribution in [1.82, 2.24) is 10.2 Å². The zero-order chi connectivity index (χ0) is 13.5. The highest BCUT2D eigenvalue weighted by Crippen LogP contribution is 2.41. The van der Waals surface area contributed by atoms with Crippen LogP contribution in [0.2, 0.25) is 0 Å². The highest BCUT2D eigenvalue weighted by molar-refractivity contribution is 7.07. The highest BCUT2D eigenvalue weighted by Gasteiger charge is 2.52. The second-order valence-electron chi connectivity index (χ2n) is 6.24. The van der Waals surface area contributed by atoms with E-state index in [1.54, 1.807) is 11.3 Å². The smallest absolute Gasteiger partial charge is 0.244 e. The molecule has 2 heterocycles. The Morgan fingerprint density at radius 3 is 2.79 bits per heavy atom. The molecule has 0 aromatic carbocycles. The number of thiophene rings is 1. The third-order valence-electron chi connectivity index (χ3n) is 4.27. The molecule has 1 amide bonds. The van der Waals surface area contributed by atoms with Gasteiger partial charge in [-0.3, -0.25) is 10.1 Å². The molecule has 19 heavy (non-hydrogen) atoms. The quantitative estimate of drug-likeness (QED) is 0.921. The third kappa shape index (κ3) is 2.21. The van der Waals surface area contributed by atoms with Gasteiger partial charge >= 0.3 is 0 Å². The van der Waals surface area contributed by atoms with Crippen molar-refractivity contribution in [2.24, 2.45) is 5.92 Å². The average Bonchev–Trinajstić information content (AvgIpc) is 3.07. The standard InChI is InChI=1S/C15H22N2OS/c1-11(2)9-17-13(12-5-8-19-10-12)16-15(14(17)18)6-3-4-7-15/h5,8,10-11,13,16H,3-4,6-7,9H2,1-2H3. The lowest BCUT2D eigenvalue weighted by molar-refractivity contribution is -0.133. The summed E-state index contributed by atoms with van der Waals surface area (Å²) < 4.78 is 0. The van der Waals surface area contributed by atoms with E-state index in [-0.39, 0.29) is 11.7 Å². The normalized spacial score (nSPS) is 25.9. The first kappa shape index (κ1) is 13.1. The topological polar surface area (TPSA) is 32.3 Å². The molecule has 1 aliphatic heterocycles. The second kappa shape index (κ2) is 4.91. The summed E-state index contributed by atoms with van der Waals surface area (Å²) in [6.45, 7) is 5.20. The molecule has 3 rings (SSSR count). The molecule has 4 heteroatoms. The van der Waals surface area contributed by atoms with Crippen LogP contribution >= 0.6 is 11.3 Å². The van der Waals surface area contributed by atoms with Crippen molar-refractivity contribution in [3.8, 4) is 0 Å². The van der Waals surface area contributed by atoms with Crippen molar-refractivity contribution >= 4 is 17.2 Å². The first-order chi connectivity index (χ1) is 9.12. The highest BCUT2D eigenvalue weighted by atomic mass is 32.1. The maximum Gasteiger partial charge on any atom is 0.244 e. The SMILES string of the molecule is CC(C)CN1C(=O)C2(CCCC2)NC1c1ccsc1. The van der Waals surface area contributed by atoms with E-state index in [1.165, 1.54) is 18.4 Å². The van der Waals surface area contributed by atoms with Gasteiger partial charge in [-0.15, -0.1) is 0 Å². The Balaban J connectivity index is 1.91. The van der Waals surface area contributed by atoms with Crippen LogP contribution in [-0.2, 0) is 4.79 Å². The lowest BCUT2D eigenvalue weighted by Gasteiger charge is -2.25. The minimum atomic E-state index is -0.262. The molecule has 1 atom stereocenters. The Morgan fingerprint density at radius 2 is 2.21 bits per heavy atom. The molecule has 1 saturated carbocycles. The van der Waals surface area contributed by atoms with Gasteiger partial charge in [0.05, 0.1) is 5.54 Å². The molecule has 1 aromatic rings. The number of rotatable bonds is 3. The fourth-order valence-corrected chi connectivity index (χ4v) is 4.08. The summed E-state index contributed by atoms with van der Waals surface area (Å²) in [6.07, 6.45) is 4.43. The van der Waals surface area contributed by atoms with Crippen molar-refractivity contribution in [2.45, 2.75) is 51.2 Å². The van der Waals surface area contributed by atoms with E-state index >= 15 is 0 Å². The van der Waals surface area contributed by atoms with Crippen molar-refractivity contribution in [2.75, 3.05) is 6.54 Å². The molecule has 1 unspecified atom stereocenters. The Morgan fingerprint density at radius 1 is 1.47 bits per heavy atom. The molecule has 1 saturated heterocycles. The van der Waals surface area contributed by atoms with E-state index in [2.05, 4.69) is 40.9 Å². The van der Waals surface area contributed by atoms with Gasteiger partial charge < -0.3 is 4.90 Å². The Kier molecular flexibility index (Phi) is 3.39. The van der Waals surface area contributed by atoms with Gasteiger partial charge in [0.2, 0.25) is 5.91 Å².